The summed E-state index contributed by atoms with van der Waals surface area (Å²) in [6, 6.07) is 19.9. The molecular weight excluding hydrogens is 451 g/mol. The van der Waals surface area contributed by atoms with Crippen molar-refractivity contribution in [2.75, 3.05) is 6.16 Å². The van der Waals surface area contributed by atoms with E-state index < -0.39 is 15.5 Å². The van der Waals surface area contributed by atoms with Gasteiger partial charge >= 0.3 is 0 Å². The van der Waals surface area contributed by atoms with E-state index in [1.807, 2.05) is 60.7 Å². The molecule has 2 aromatic carbocycles. The number of hydrogen-bond acceptors (Lipinski definition) is 2. The Bertz CT molecular complexity index is 959. The van der Waals surface area contributed by atoms with E-state index in [0.717, 1.165) is 29.9 Å². The van der Waals surface area contributed by atoms with Gasteiger partial charge in [-0.15, -0.1) is 0 Å². The average Bonchev–Trinajstić information content (AvgIpc) is 2.82. The minimum absolute atomic E-state index is 0.225. The molecule has 4 heteroatoms. The van der Waals surface area contributed by atoms with Crippen molar-refractivity contribution >= 4 is 26.1 Å². The summed E-state index contributed by atoms with van der Waals surface area (Å²) in [7, 11) is -4.72. The van der Waals surface area contributed by atoms with Gasteiger partial charge in [0.2, 0.25) is 8.32 Å². The van der Waals surface area contributed by atoms with Crippen molar-refractivity contribution in [3.8, 4) is 0 Å². The lowest BCUT2D eigenvalue weighted by molar-refractivity contribution is 0.158. The number of allylic oxidation sites excluding steroid dienone is 2. The third-order valence-electron chi connectivity index (χ3n) is 7.69. The Labute approximate surface area is 209 Å². The molecule has 0 saturated heterocycles. The van der Waals surface area contributed by atoms with Crippen LogP contribution in [0.3, 0.4) is 0 Å². The van der Waals surface area contributed by atoms with Crippen LogP contribution in [0.15, 0.2) is 84.5 Å². The van der Waals surface area contributed by atoms with Crippen LogP contribution in [0.2, 0.25) is 16.6 Å². The number of benzene rings is 2. The summed E-state index contributed by atoms with van der Waals surface area (Å²) in [5.74, 6) is 0. The Morgan fingerprint density at radius 2 is 1.38 bits per heavy atom. The molecule has 184 valence electrons. The zero-order valence-corrected chi connectivity index (χ0v) is 23.9. The van der Waals surface area contributed by atoms with Crippen LogP contribution in [0.5, 0.6) is 0 Å². The van der Waals surface area contributed by atoms with Gasteiger partial charge in [-0.25, -0.2) is 0 Å². The van der Waals surface area contributed by atoms with E-state index >= 15 is 0 Å². The van der Waals surface area contributed by atoms with E-state index in [9.17, 15) is 4.57 Å². The first kappa shape index (κ1) is 26.9. The van der Waals surface area contributed by atoms with Crippen LogP contribution in [0.1, 0.15) is 60.8 Å². The van der Waals surface area contributed by atoms with Crippen LogP contribution in [0, 0.1) is 0 Å². The van der Waals surface area contributed by atoms with Gasteiger partial charge < -0.3 is 8.99 Å². The zero-order chi connectivity index (χ0) is 24.9. The second-order valence-corrected chi connectivity index (χ2v) is 19.0. The standard InChI is InChI=1S/C30H43O2PSi/c1-23(2)34(24(3)4,25(5)6)32-28-19-18-26(7)27(22-28)20-21-33(31,29-14-10-8-11-15-29)30-16-12-9-13-17-30/h8-17,20,23-25,28H,7,18-19,21-22H2,1-6H3/b27-20-/t28-/m0/s1. The maximum atomic E-state index is 14.4. The summed E-state index contributed by atoms with van der Waals surface area (Å²) >= 11 is 0. The van der Waals surface area contributed by atoms with Crippen LogP contribution in [-0.4, -0.2) is 20.6 Å². The molecule has 1 atom stereocenters. The number of rotatable bonds is 9. The highest BCUT2D eigenvalue weighted by Gasteiger charge is 2.47. The van der Waals surface area contributed by atoms with E-state index in [-0.39, 0.29) is 6.10 Å². The highest BCUT2D eigenvalue weighted by molar-refractivity contribution is 7.78. The first-order valence-electron chi connectivity index (χ1n) is 12.9. The third kappa shape index (κ3) is 5.59. The van der Waals surface area contributed by atoms with Crippen LogP contribution < -0.4 is 10.6 Å². The minimum atomic E-state index is -2.77. The molecule has 1 fully saturated rings. The molecule has 0 radical (unpaired) electrons. The fraction of sp³-hybridized carbons (Fsp3) is 0.467. The van der Waals surface area contributed by atoms with Crippen molar-refractivity contribution in [1.29, 1.82) is 0 Å². The molecule has 0 heterocycles. The third-order valence-corrected chi connectivity index (χ3v) is 16.8. The molecule has 1 aliphatic rings. The lowest BCUT2D eigenvalue weighted by Gasteiger charge is -2.45. The lowest BCUT2D eigenvalue weighted by atomic mass is 9.89. The van der Waals surface area contributed by atoms with Crippen molar-refractivity contribution in [2.24, 2.45) is 0 Å². The molecule has 0 unspecified atom stereocenters. The molecule has 2 aromatic rings. The van der Waals surface area contributed by atoms with Crippen LogP contribution in [-0.2, 0) is 8.99 Å². The van der Waals surface area contributed by atoms with Gasteiger partial charge in [-0.05, 0) is 41.5 Å². The lowest BCUT2D eigenvalue weighted by Crippen LogP contribution is -2.50. The normalized spacial score (nSPS) is 18.9. The van der Waals surface area contributed by atoms with Gasteiger partial charge in [0, 0.05) is 22.9 Å². The Morgan fingerprint density at radius 3 is 1.82 bits per heavy atom. The van der Waals surface area contributed by atoms with Crippen LogP contribution in [0.25, 0.3) is 0 Å². The highest BCUT2D eigenvalue weighted by Crippen LogP contribution is 2.47. The highest BCUT2D eigenvalue weighted by atomic mass is 31.2. The topological polar surface area (TPSA) is 26.3 Å². The smallest absolute Gasteiger partial charge is 0.200 e. The SMILES string of the molecule is C=C1CC[C@H](O[Si](C(C)C)(C(C)C)C(C)C)C/C1=C/CP(=O)(c1ccccc1)c1ccccc1. The molecule has 0 N–H and O–H groups in total. The van der Waals surface area contributed by atoms with Gasteiger partial charge in [0.15, 0.2) is 0 Å². The number of hydrogen-bond donors (Lipinski definition) is 0. The molecule has 0 aromatic heterocycles. The first-order chi connectivity index (χ1) is 16.1. The fourth-order valence-electron chi connectivity index (χ4n) is 5.95. The Morgan fingerprint density at radius 1 is 0.912 bits per heavy atom. The Kier molecular flexibility index (Phi) is 9.01. The molecule has 2 nitrogen and oxygen atoms in total. The molecule has 34 heavy (non-hydrogen) atoms. The van der Waals surface area contributed by atoms with E-state index in [4.69, 9.17) is 4.43 Å². The second-order valence-electron chi connectivity index (χ2n) is 10.7. The minimum Gasteiger partial charge on any atom is -0.413 e. The van der Waals surface area contributed by atoms with Gasteiger partial charge in [-0.3, -0.25) is 0 Å². The van der Waals surface area contributed by atoms with E-state index in [0.29, 0.717) is 22.8 Å². The van der Waals surface area contributed by atoms with Crippen LogP contribution in [0.4, 0.5) is 0 Å². The largest absolute Gasteiger partial charge is 0.413 e. The summed E-state index contributed by atoms with van der Waals surface area (Å²) in [6.07, 6.45) is 5.82. The van der Waals surface area contributed by atoms with E-state index in [1.165, 1.54) is 11.1 Å². The van der Waals surface area contributed by atoms with E-state index in [1.54, 1.807) is 0 Å². The molecule has 1 aliphatic carbocycles. The van der Waals surface area contributed by atoms with E-state index in [2.05, 4.69) is 54.2 Å². The van der Waals surface area contributed by atoms with Gasteiger partial charge in [0.25, 0.3) is 0 Å². The summed E-state index contributed by atoms with van der Waals surface area (Å²) < 4.78 is 21.6. The maximum Gasteiger partial charge on any atom is 0.200 e. The molecule has 0 spiro atoms. The zero-order valence-electron chi connectivity index (χ0n) is 22.0. The van der Waals surface area contributed by atoms with Gasteiger partial charge in [0.1, 0.15) is 7.14 Å². The maximum absolute atomic E-state index is 14.4. The molecule has 0 aliphatic heterocycles. The Hall–Kier alpha value is -1.67. The van der Waals surface area contributed by atoms with Crippen LogP contribution >= 0.6 is 7.14 Å². The van der Waals surface area contributed by atoms with Crippen molar-refractivity contribution in [3.05, 3.63) is 84.5 Å². The Balaban J connectivity index is 1.89. The molecule has 1 saturated carbocycles. The first-order valence-corrected chi connectivity index (χ1v) is 16.9. The molecule has 0 amide bonds. The predicted octanol–water partition coefficient (Wildman–Crippen LogP) is 8.23. The predicted molar refractivity (Wildman–Crippen MR) is 152 cm³/mol. The molecular formula is C30H43O2PSi. The van der Waals surface area contributed by atoms with Gasteiger partial charge in [-0.1, -0.05) is 120 Å². The van der Waals surface area contributed by atoms with Gasteiger partial charge in [0.05, 0.1) is 0 Å². The van der Waals surface area contributed by atoms with Crippen molar-refractivity contribution < 1.29 is 8.99 Å². The molecule has 3 rings (SSSR count). The monoisotopic (exact) mass is 494 g/mol. The molecule has 0 bridgehead atoms. The van der Waals surface area contributed by atoms with Crippen molar-refractivity contribution in [1.82, 2.24) is 0 Å². The quantitative estimate of drug-likeness (QED) is 0.259. The fourth-order valence-corrected chi connectivity index (χ4v) is 14.0. The van der Waals surface area contributed by atoms with Crippen molar-refractivity contribution in [2.45, 2.75) is 83.5 Å². The summed E-state index contributed by atoms with van der Waals surface area (Å²) in [5, 5.41) is 1.83. The van der Waals surface area contributed by atoms with Gasteiger partial charge in [-0.2, -0.15) is 0 Å². The average molecular weight is 495 g/mol. The summed E-state index contributed by atoms with van der Waals surface area (Å²) in [6.45, 7) is 18.5. The summed E-state index contributed by atoms with van der Waals surface area (Å²) in [5.41, 5.74) is 4.13. The van der Waals surface area contributed by atoms with Crippen molar-refractivity contribution in [3.63, 3.8) is 0 Å². The second kappa shape index (κ2) is 11.4. The summed E-state index contributed by atoms with van der Waals surface area (Å²) in [4.78, 5) is 0.